The number of alkyl halides is 1. The number of aromatic nitrogens is 2. The summed E-state index contributed by atoms with van der Waals surface area (Å²) in [5, 5.41) is 12.3. The number of carboxylic acids is 1. The largest absolute Gasteiger partial charge is 0.478 e. The van der Waals surface area contributed by atoms with E-state index in [9.17, 15) is 9.18 Å². The van der Waals surface area contributed by atoms with Crippen molar-refractivity contribution in [3.8, 4) is 0 Å². The molecule has 0 radical (unpaired) electrons. The summed E-state index contributed by atoms with van der Waals surface area (Å²) in [7, 11) is 0. The molecule has 1 unspecified atom stereocenters. The Kier molecular flexibility index (Phi) is 4.74. The molecule has 1 fully saturated rings. The van der Waals surface area contributed by atoms with Gasteiger partial charge in [0.25, 0.3) is 0 Å². The fraction of sp³-hybridized carbons (Fsp3) is 0.389. The zero-order valence-corrected chi connectivity index (χ0v) is 13.5. The lowest BCUT2D eigenvalue weighted by atomic mass is 10.0. The molecule has 0 spiro atoms. The highest BCUT2D eigenvalue weighted by molar-refractivity contribution is 5.87. The summed E-state index contributed by atoms with van der Waals surface area (Å²) < 4.78 is 14.6. The van der Waals surface area contributed by atoms with Gasteiger partial charge in [-0.2, -0.15) is 0 Å². The van der Waals surface area contributed by atoms with Crippen LogP contribution in [0.3, 0.4) is 0 Å². The minimum atomic E-state index is -1.25. The lowest BCUT2D eigenvalue weighted by Crippen LogP contribution is -2.07. The number of hydrogen-bond acceptors (Lipinski definition) is 4. The molecule has 2 aromatic rings. The number of aryl methyl sites for hydroxylation is 1. The van der Waals surface area contributed by atoms with Crippen molar-refractivity contribution in [2.24, 2.45) is 5.92 Å². The van der Waals surface area contributed by atoms with E-state index in [4.69, 9.17) is 5.11 Å². The number of carboxylic acid groups (broad SMARTS) is 1. The van der Waals surface area contributed by atoms with Gasteiger partial charge in [0.1, 0.15) is 12.0 Å². The van der Waals surface area contributed by atoms with Crippen LogP contribution < -0.4 is 5.32 Å². The number of halogens is 1. The van der Waals surface area contributed by atoms with Crippen LogP contribution in [0.5, 0.6) is 0 Å². The lowest BCUT2D eigenvalue weighted by Gasteiger charge is -2.12. The molecule has 0 bridgehead atoms. The molecule has 1 aliphatic carbocycles. The molecule has 5 nitrogen and oxygen atoms in total. The van der Waals surface area contributed by atoms with Crippen LogP contribution in [-0.4, -0.2) is 27.6 Å². The number of carbonyl (C=O) groups is 1. The Bertz CT molecular complexity index is 730. The predicted octanol–water partition coefficient (Wildman–Crippen LogP) is 3.56. The molecule has 1 aliphatic rings. The standard InChI is InChI=1S/C18H20FN3O2/c1-11-14(6-15(10-20-11)18(23)24)7-16(19)13-4-5-17(22-9-13)21-8-12-2-3-12/h4-6,9-10,12,16H,2-3,7-8H2,1H3,(H,21,22)(H,23,24). The molecule has 1 saturated carbocycles. The third kappa shape index (κ3) is 4.07. The summed E-state index contributed by atoms with van der Waals surface area (Å²) in [6.07, 6.45) is 4.18. The first-order valence-corrected chi connectivity index (χ1v) is 8.05. The molecule has 3 rings (SSSR count). The van der Waals surface area contributed by atoms with E-state index in [1.807, 2.05) is 0 Å². The molecule has 2 N–H and O–H groups in total. The Morgan fingerprint density at radius 1 is 1.38 bits per heavy atom. The van der Waals surface area contributed by atoms with E-state index >= 15 is 0 Å². The first-order chi connectivity index (χ1) is 11.5. The van der Waals surface area contributed by atoms with Crippen molar-refractivity contribution in [2.45, 2.75) is 32.4 Å². The van der Waals surface area contributed by atoms with Crippen LogP contribution in [0.2, 0.25) is 0 Å². The Balaban J connectivity index is 1.66. The smallest absolute Gasteiger partial charge is 0.337 e. The molecule has 126 valence electrons. The van der Waals surface area contributed by atoms with E-state index in [0.717, 1.165) is 18.3 Å². The van der Waals surface area contributed by atoms with E-state index in [-0.39, 0.29) is 12.0 Å². The van der Waals surface area contributed by atoms with Gasteiger partial charge in [0.15, 0.2) is 0 Å². The quantitative estimate of drug-likeness (QED) is 0.812. The molecule has 0 saturated heterocycles. The van der Waals surface area contributed by atoms with Gasteiger partial charge in [-0.05, 0) is 43.4 Å². The third-order valence-corrected chi connectivity index (χ3v) is 4.25. The summed E-state index contributed by atoms with van der Waals surface area (Å²) >= 11 is 0. The fourth-order valence-electron chi connectivity index (χ4n) is 2.48. The maximum absolute atomic E-state index is 14.6. The summed E-state index contributed by atoms with van der Waals surface area (Å²) in [5.74, 6) is 0.438. The van der Waals surface area contributed by atoms with E-state index in [0.29, 0.717) is 16.8 Å². The molecule has 2 heterocycles. The van der Waals surface area contributed by atoms with Crippen molar-refractivity contribution >= 4 is 11.8 Å². The van der Waals surface area contributed by atoms with Gasteiger partial charge in [-0.3, -0.25) is 4.98 Å². The Labute approximate surface area is 140 Å². The summed E-state index contributed by atoms with van der Waals surface area (Å²) in [4.78, 5) is 19.3. The molecule has 2 aromatic heterocycles. The van der Waals surface area contributed by atoms with Crippen LogP contribution >= 0.6 is 0 Å². The zero-order valence-electron chi connectivity index (χ0n) is 13.5. The minimum absolute atomic E-state index is 0.0700. The molecule has 0 aromatic carbocycles. The third-order valence-electron chi connectivity index (χ3n) is 4.25. The zero-order chi connectivity index (χ0) is 17.1. The first kappa shape index (κ1) is 16.4. The topological polar surface area (TPSA) is 75.1 Å². The molecule has 24 heavy (non-hydrogen) atoms. The van der Waals surface area contributed by atoms with Crippen LogP contribution in [0.25, 0.3) is 0 Å². The maximum Gasteiger partial charge on any atom is 0.337 e. The second-order valence-corrected chi connectivity index (χ2v) is 6.25. The van der Waals surface area contributed by atoms with E-state index in [1.54, 1.807) is 19.1 Å². The van der Waals surface area contributed by atoms with Crippen molar-refractivity contribution in [1.82, 2.24) is 9.97 Å². The predicted molar refractivity (Wildman–Crippen MR) is 88.9 cm³/mol. The van der Waals surface area contributed by atoms with Crippen molar-refractivity contribution in [2.75, 3.05) is 11.9 Å². The van der Waals surface area contributed by atoms with Crippen molar-refractivity contribution in [1.29, 1.82) is 0 Å². The highest BCUT2D eigenvalue weighted by Crippen LogP contribution is 2.29. The normalized spacial score (nSPS) is 15.1. The van der Waals surface area contributed by atoms with Crippen molar-refractivity contribution in [3.05, 3.63) is 53.0 Å². The number of anilines is 1. The van der Waals surface area contributed by atoms with Crippen LogP contribution in [0.4, 0.5) is 10.2 Å². The summed E-state index contributed by atoms with van der Waals surface area (Å²) in [6.45, 7) is 2.66. The van der Waals surface area contributed by atoms with Crippen LogP contribution in [0, 0.1) is 12.8 Å². The average molecular weight is 329 g/mol. The first-order valence-electron chi connectivity index (χ1n) is 8.05. The van der Waals surface area contributed by atoms with Gasteiger partial charge in [-0.1, -0.05) is 6.07 Å². The average Bonchev–Trinajstić information content (AvgIpc) is 3.39. The fourth-order valence-corrected chi connectivity index (χ4v) is 2.48. The molecule has 1 atom stereocenters. The van der Waals surface area contributed by atoms with Crippen molar-refractivity contribution < 1.29 is 14.3 Å². The highest BCUT2D eigenvalue weighted by Gasteiger charge is 2.21. The molecular formula is C18H20FN3O2. The number of pyridine rings is 2. The highest BCUT2D eigenvalue weighted by atomic mass is 19.1. The summed E-state index contributed by atoms with van der Waals surface area (Å²) in [6, 6.07) is 4.98. The second kappa shape index (κ2) is 6.95. The monoisotopic (exact) mass is 329 g/mol. The number of nitrogens with zero attached hydrogens (tertiary/aromatic N) is 2. The van der Waals surface area contributed by atoms with E-state index < -0.39 is 12.1 Å². The van der Waals surface area contributed by atoms with E-state index in [1.165, 1.54) is 31.3 Å². The van der Waals surface area contributed by atoms with Crippen LogP contribution in [0.15, 0.2) is 30.6 Å². The lowest BCUT2D eigenvalue weighted by molar-refractivity contribution is 0.0696. The molecule has 6 heteroatoms. The molecular weight excluding hydrogens is 309 g/mol. The van der Waals surface area contributed by atoms with E-state index in [2.05, 4.69) is 15.3 Å². The van der Waals surface area contributed by atoms with Crippen LogP contribution in [0.1, 0.15) is 46.2 Å². The maximum atomic E-state index is 14.6. The van der Waals surface area contributed by atoms with Crippen LogP contribution in [-0.2, 0) is 6.42 Å². The Morgan fingerprint density at radius 2 is 2.17 bits per heavy atom. The Morgan fingerprint density at radius 3 is 2.79 bits per heavy atom. The van der Waals surface area contributed by atoms with Gasteiger partial charge >= 0.3 is 5.97 Å². The van der Waals surface area contributed by atoms with Crippen molar-refractivity contribution in [3.63, 3.8) is 0 Å². The number of hydrogen-bond donors (Lipinski definition) is 2. The molecule has 0 amide bonds. The van der Waals surface area contributed by atoms with Gasteiger partial charge < -0.3 is 10.4 Å². The SMILES string of the molecule is Cc1ncc(C(=O)O)cc1CC(F)c1ccc(NCC2CC2)nc1. The number of rotatable bonds is 7. The van der Waals surface area contributed by atoms with Gasteiger partial charge in [0.05, 0.1) is 5.56 Å². The number of aromatic carboxylic acids is 1. The summed E-state index contributed by atoms with van der Waals surface area (Å²) in [5.41, 5.74) is 1.78. The number of nitrogens with one attached hydrogen (secondary N) is 1. The second-order valence-electron chi connectivity index (χ2n) is 6.25. The minimum Gasteiger partial charge on any atom is -0.478 e. The molecule has 0 aliphatic heterocycles. The van der Waals surface area contributed by atoms with Gasteiger partial charge in [0.2, 0.25) is 0 Å². The van der Waals surface area contributed by atoms with Gasteiger partial charge in [-0.15, -0.1) is 0 Å². The van der Waals surface area contributed by atoms with Gasteiger partial charge in [-0.25, -0.2) is 14.2 Å². The van der Waals surface area contributed by atoms with Gasteiger partial charge in [0, 0.05) is 36.6 Å². The Hall–Kier alpha value is -2.50.